The SMILES string of the molecule is O=C1NC2(CCOCC2)C(O)=C1C1(F)CC(c2ccc(F)c(F)c2)=CC=C1Cl. The number of nitrogens with one attached hydrogen (secondary N) is 1. The van der Waals surface area contributed by atoms with Gasteiger partial charge in [0, 0.05) is 32.5 Å². The van der Waals surface area contributed by atoms with E-state index >= 15 is 4.39 Å². The molecule has 2 N–H and O–H groups in total. The van der Waals surface area contributed by atoms with Crippen LogP contribution in [0.3, 0.4) is 0 Å². The number of hydrogen-bond donors (Lipinski definition) is 2. The number of amides is 1. The summed E-state index contributed by atoms with van der Waals surface area (Å²) in [5.41, 5.74) is -3.40. The fraction of sp³-hybridized carbons (Fsp3) is 0.350. The molecule has 1 aliphatic carbocycles. The Bertz CT molecular complexity index is 950. The maximum atomic E-state index is 16.1. The number of aliphatic hydroxyl groups excluding tert-OH is 1. The summed E-state index contributed by atoms with van der Waals surface area (Å²) in [5, 5.41) is 13.2. The molecule has 3 aliphatic rings. The molecular weight excluding hydrogens is 395 g/mol. The number of halogens is 4. The maximum Gasteiger partial charge on any atom is 0.255 e. The predicted octanol–water partition coefficient (Wildman–Crippen LogP) is 4.07. The summed E-state index contributed by atoms with van der Waals surface area (Å²) in [7, 11) is 0. The van der Waals surface area contributed by atoms with Gasteiger partial charge < -0.3 is 15.2 Å². The number of allylic oxidation sites excluding steroid dienone is 4. The number of hydrogen-bond acceptors (Lipinski definition) is 3. The van der Waals surface area contributed by atoms with E-state index in [4.69, 9.17) is 16.3 Å². The van der Waals surface area contributed by atoms with Gasteiger partial charge in [0.15, 0.2) is 17.3 Å². The number of benzene rings is 1. The second-order valence-corrected chi connectivity index (χ2v) is 7.59. The van der Waals surface area contributed by atoms with Crippen LogP contribution in [0.5, 0.6) is 0 Å². The average Bonchev–Trinajstić information content (AvgIpc) is 2.90. The molecule has 0 radical (unpaired) electrons. The molecule has 1 fully saturated rings. The van der Waals surface area contributed by atoms with Crippen LogP contribution in [0.15, 0.2) is 46.7 Å². The first-order valence-electron chi connectivity index (χ1n) is 8.82. The topological polar surface area (TPSA) is 58.6 Å². The Morgan fingerprint density at radius 2 is 1.86 bits per heavy atom. The smallest absolute Gasteiger partial charge is 0.255 e. The predicted molar refractivity (Wildman–Crippen MR) is 97.3 cm³/mol. The molecule has 0 saturated carbocycles. The van der Waals surface area contributed by atoms with Crippen LogP contribution < -0.4 is 5.32 Å². The zero-order valence-corrected chi connectivity index (χ0v) is 15.5. The van der Waals surface area contributed by atoms with Crippen molar-refractivity contribution in [3.8, 4) is 0 Å². The third kappa shape index (κ3) is 2.84. The zero-order valence-electron chi connectivity index (χ0n) is 14.7. The van der Waals surface area contributed by atoms with Crippen LogP contribution in [0.1, 0.15) is 24.8 Å². The number of alkyl halides is 1. The molecule has 1 aromatic carbocycles. The lowest BCUT2D eigenvalue weighted by Gasteiger charge is -2.33. The molecule has 1 aromatic rings. The minimum atomic E-state index is -2.48. The summed E-state index contributed by atoms with van der Waals surface area (Å²) in [6, 6.07) is 3.22. The largest absolute Gasteiger partial charge is 0.509 e. The third-order valence-electron chi connectivity index (χ3n) is 5.55. The second kappa shape index (κ2) is 6.67. The molecule has 1 spiro atoms. The van der Waals surface area contributed by atoms with Crippen LogP contribution in [-0.2, 0) is 9.53 Å². The summed E-state index contributed by atoms with van der Waals surface area (Å²) < 4.78 is 48.2. The Balaban J connectivity index is 1.75. The summed E-state index contributed by atoms with van der Waals surface area (Å²) in [5.74, 6) is -3.19. The fourth-order valence-corrected chi connectivity index (χ4v) is 4.17. The van der Waals surface area contributed by atoms with E-state index in [0.717, 1.165) is 12.1 Å². The molecule has 4 rings (SSSR count). The molecule has 1 saturated heterocycles. The lowest BCUT2D eigenvalue weighted by atomic mass is 9.80. The van der Waals surface area contributed by atoms with Crippen molar-refractivity contribution in [1.82, 2.24) is 5.32 Å². The number of aliphatic hydroxyl groups is 1. The highest BCUT2D eigenvalue weighted by Crippen LogP contribution is 2.49. The molecule has 0 aromatic heterocycles. The zero-order chi connectivity index (χ0) is 20.1. The summed E-state index contributed by atoms with van der Waals surface area (Å²) in [4.78, 5) is 12.6. The molecule has 28 heavy (non-hydrogen) atoms. The molecule has 148 valence electrons. The van der Waals surface area contributed by atoms with Crippen molar-refractivity contribution in [3.63, 3.8) is 0 Å². The number of carbonyl (C=O) groups is 1. The summed E-state index contributed by atoms with van der Waals surface area (Å²) in [6.45, 7) is 0.640. The minimum absolute atomic E-state index is 0.264. The normalized spacial score (nSPS) is 26.9. The van der Waals surface area contributed by atoms with E-state index in [1.165, 1.54) is 18.2 Å². The molecule has 4 nitrogen and oxygen atoms in total. The van der Waals surface area contributed by atoms with Crippen molar-refractivity contribution >= 4 is 23.1 Å². The Hall–Kier alpha value is -2.25. The van der Waals surface area contributed by atoms with Gasteiger partial charge in [-0.1, -0.05) is 23.7 Å². The standard InChI is InChI=1S/C20H17ClF3NO3/c21-15-4-2-12(11-1-3-13(22)14(23)9-11)10-20(15,24)16-17(26)19(25-18(16)27)5-7-28-8-6-19/h1-4,9,26H,5-8,10H2,(H,25,27). The van der Waals surface area contributed by atoms with Crippen molar-refractivity contribution < 1.29 is 27.8 Å². The van der Waals surface area contributed by atoms with E-state index in [0.29, 0.717) is 31.6 Å². The monoisotopic (exact) mass is 411 g/mol. The molecule has 0 bridgehead atoms. The van der Waals surface area contributed by atoms with Gasteiger partial charge in [0.1, 0.15) is 11.3 Å². The second-order valence-electron chi connectivity index (χ2n) is 7.19. The van der Waals surface area contributed by atoms with Crippen molar-refractivity contribution in [3.05, 3.63) is 63.9 Å². The van der Waals surface area contributed by atoms with Crippen LogP contribution in [0.25, 0.3) is 5.57 Å². The van der Waals surface area contributed by atoms with Gasteiger partial charge in [0.2, 0.25) is 0 Å². The van der Waals surface area contributed by atoms with E-state index in [1.807, 2.05) is 0 Å². The van der Waals surface area contributed by atoms with Crippen molar-refractivity contribution in [2.24, 2.45) is 0 Å². The van der Waals surface area contributed by atoms with Gasteiger partial charge in [0.25, 0.3) is 5.91 Å². The van der Waals surface area contributed by atoms with E-state index < -0.39 is 40.7 Å². The first kappa shape index (κ1) is 19.1. The molecular formula is C20H17ClF3NO3. The molecule has 8 heteroatoms. The Kier molecular flexibility index (Phi) is 4.55. The highest BCUT2D eigenvalue weighted by Gasteiger charge is 2.55. The van der Waals surface area contributed by atoms with Crippen LogP contribution in [0.4, 0.5) is 13.2 Å². The number of rotatable bonds is 2. The summed E-state index contributed by atoms with van der Waals surface area (Å²) >= 11 is 6.13. The van der Waals surface area contributed by atoms with Gasteiger partial charge in [0.05, 0.1) is 10.6 Å². The van der Waals surface area contributed by atoms with Crippen LogP contribution in [-0.4, -0.2) is 35.4 Å². The lowest BCUT2D eigenvalue weighted by Crippen LogP contribution is -2.48. The van der Waals surface area contributed by atoms with Gasteiger partial charge in [-0.2, -0.15) is 0 Å². The molecule has 1 atom stereocenters. The van der Waals surface area contributed by atoms with Crippen molar-refractivity contribution in [2.75, 3.05) is 13.2 Å². The van der Waals surface area contributed by atoms with Crippen molar-refractivity contribution in [2.45, 2.75) is 30.5 Å². The van der Waals surface area contributed by atoms with Crippen LogP contribution in [0, 0.1) is 11.6 Å². The molecule has 1 amide bonds. The first-order chi connectivity index (χ1) is 13.3. The van der Waals surface area contributed by atoms with Gasteiger partial charge in [-0.15, -0.1) is 0 Å². The van der Waals surface area contributed by atoms with Gasteiger partial charge >= 0.3 is 0 Å². The van der Waals surface area contributed by atoms with E-state index in [2.05, 4.69) is 5.32 Å². The summed E-state index contributed by atoms with van der Waals surface area (Å²) in [6.07, 6.45) is 2.99. The van der Waals surface area contributed by atoms with Gasteiger partial charge in [-0.25, -0.2) is 13.2 Å². The quantitative estimate of drug-likeness (QED) is 0.771. The average molecular weight is 412 g/mol. The maximum absolute atomic E-state index is 16.1. The molecule has 1 unspecified atom stereocenters. The Labute approximate surface area is 164 Å². The van der Waals surface area contributed by atoms with Crippen LogP contribution >= 0.6 is 11.6 Å². The number of carbonyl (C=O) groups excluding carboxylic acids is 1. The third-order valence-corrected chi connectivity index (χ3v) is 5.97. The van der Waals surface area contributed by atoms with Crippen molar-refractivity contribution in [1.29, 1.82) is 0 Å². The highest BCUT2D eigenvalue weighted by molar-refractivity contribution is 6.32. The molecule has 2 heterocycles. The molecule has 2 aliphatic heterocycles. The number of ether oxygens (including phenoxy) is 1. The first-order valence-corrected chi connectivity index (χ1v) is 9.20. The van der Waals surface area contributed by atoms with E-state index in [1.54, 1.807) is 0 Å². The Morgan fingerprint density at radius 1 is 1.14 bits per heavy atom. The minimum Gasteiger partial charge on any atom is -0.509 e. The highest BCUT2D eigenvalue weighted by atomic mass is 35.5. The van der Waals surface area contributed by atoms with Crippen LogP contribution in [0.2, 0.25) is 0 Å². The Morgan fingerprint density at radius 3 is 2.54 bits per heavy atom. The van der Waals surface area contributed by atoms with E-state index in [9.17, 15) is 18.7 Å². The van der Waals surface area contributed by atoms with Gasteiger partial charge in [-0.05, 0) is 29.3 Å². The van der Waals surface area contributed by atoms with Gasteiger partial charge in [-0.3, -0.25) is 4.79 Å². The lowest BCUT2D eigenvalue weighted by molar-refractivity contribution is -0.119. The fourth-order valence-electron chi connectivity index (χ4n) is 3.95. The van der Waals surface area contributed by atoms with E-state index in [-0.39, 0.29) is 16.4 Å².